The van der Waals surface area contributed by atoms with Gasteiger partial charge in [-0.05, 0) is 31.7 Å². The van der Waals surface area contributed by atoms with Gasteiger partial charge in [0.2, 0.25) is 0 Å². The molecular formula is C18H23N3. The Balaban J connectivity index is 2.48. The second kappa shape index (κ2) is 5.37. The van der Waals surface area contributed by atoms with Gasteiger partial charge in [-0.25, -0.2) is 0 Å². The Hall–Kier alpha value is -2.08. The van der Waals surface area contributed by atoms with Crippen LogP contribution in [0.4, 0.5) is 5.69 Å². The van der Waals surface area contributed by atoms with Gasteiger partial charge in [0.05, 0.1) is 16.8 Å². The molecule has 0 aliphatic rings. The van der Waals surface area contributed by atoms with Gasteiger partial charge in [0, 0.05) is 17.1 Å². The molecule has 2 aromatic rings. The molecule has 0 fully saturated rings. The minimum Gasteiger partial charge on any atom is -0.378 e. The van der Waals surface area contributed by atoms with Gasteiger partial charge >= 0.3 is 0 Å². The summed E-state index contributed by atoms with van der Waals surface area (Å²) in [5.41, 5.74) is 2.50. The Morgan fingerprint density at radius 2 is 1.81 bits per heavy atom. The summed E-state index contributed by atoms with van der Waals surface area (Å²) in [6, 6.07) is 10.2. The van der Waals surface area contributed by atoms with Crippen LogP contribution < -0.4 is 5.32 Å². The molecule has 1 heterocycles. The molecule has 21 heavy (non-hydrogen) atoms. The highest BCUT2D eigenvalue weighted by atomic mass is 15.0. The van der Waals surface area contributed by atoms with E-state index in [0.717, 1.165) is 23.0 Å². The minimum atomic E-state index is -0.103. The molecule has 0 unspecified atom stereocenters. The van der Waals surface area contributed by atoms with Crippen LogP contribution in [0.5, 0.6) is 0 Å². The number of nitrogens with zero attached hydrogens (tertiary/aromatic N) is 2. The lowest BCUT2D eigenvalue weighted by atomic mass is 9.81. The minimum absolute atomic E-state index is 0.103. The average Bonchev–Trinajstić information content (AvgIpc) is 2.36. The van der Waals surface area contributed by atoms with Crippen molar-refractivity contribution < 1.29 is 0 Å². The van der Waals surface area contributed by atoms with Crippen molar-refractivity contribution in [3.05, 3.63) is 36.0 Å². The fourth-order valence-electron chi connectivity index (χ4n) is 3.07. The molecule has 0 amide bonds. The SMILES string of the molecule is CC(C)(C)CC(C)(C)Nc1c(C#N)cnc2ccccc12. The molecule has 3 heteroatoms. The summed E-state index contributed by atoms with van der Waals surface area (Å²) in [5.74, 6) is 0. The van der Waals surface area contributed by atoms with Crippen LogP contribution in [0.3, 0.4) is 0 Å². The number of rotatable bonds is 3. The first-order valence-corrected chi connectivity index (χ1v) is 7.28. The van der Waals surface area contributed by atoms with E-state index in [9.17, 15) is 5.26 Å². The van der Waals surface area contributed by atoms with E-state index in [1.54, 1.807) is 6.20 Å². The molecule has 0 bridgehead atoms. The van der Waals surface area contributed by atoms with Gasteiger partial charge in [-0.3, -0.25) is 4.98 Å². The maximum Gasteiger partial charge on any atom is 0.103 e. The Kier molecular flexibility index (Phi) is 3.91. The number of para-hydroxylation sites is 1. The zero-order valence-electron chi connectivity index (χ0n) is 13.5. The predicted molar refractivity (Wildman–Crippen MR) is 88.2 cm³/mol. The topological polar surface area (TPSA) is 48.7 Å². The van der Waals surface area contributed by atoms with Gasteiger partial charge in [-0.1, -0.05) is 39.0 Å². The first kappa shape index (κ1) is 15.3. The van der Waals surface area contributed by atoms with Crippen LogP contribution in [0.25, 0.3) is 10.9 Å². The number of benzene rings is 1. The molecule has 110 valence electrons. The zero-order chi connectivity index (χ0) is 15.7. The van der Waals surface area contributed by atoms with Crippen molar-refractivity contribution in [3.8, 4) is 6.07 Å². The van der Waals surface area contributed by atoms with Gasteiger partial charge in [0.1, 0.15) is 6.07 Å². The molecule has 1 aromatic carbocycles. The van der Waals surface area contributed by atoms with Crippen molar-refractivity contribution in [1.29, 1.82) is 5.26 Å². The third-order valence-corrected chi connectivity index (χ3v) is 3.33. The second-order valence-corrected chi connectivity index (χ2v) is 7.42. The maximum absolute atomic E-state index is 9.38. The third kappa shape index (κ3) is 3.72. The summed E-state index contributed by atoms with van der Waals surface area (Å²) in [7, 11) is 0. The summed E-state index contributed by atoms with van der Waals surface area (Å²) in [5, 5.41) is 14.0. The van der Waals surface area contributed by atoms with Gasteiger partial charge in [0.15, 0.2) is 0 Å². The highest BCUT2D eigenvalue weighted by Gasteiger charge is 2.26. The molecule has 2 rings (SSSR count). The first-order chi connectivity index (χ1) is 9.72. The summed E-state index contributed by atoms with van der Waals surface area (Å²) in [6.45, 7) is 11.0. The fraction of sp³-hybridized carbons (Fsp3) is 0.444. The quantitative estimate of drug-likeness (QED) is 0.884. The van der Waals surface area contributed by atoms with Crippen LogP contribution in [-0.4, -0.2) is 10.5 Å². The normalized spacial score (nSPS) is 12.2. The molecule has 3 nitrogen and oxygen atoms in total. The number of nitrogens with one attached hydrogen (secondary N) is 1. The molecular weight excluding hydrogens is 258 g/mol. The molecule has 1 N–H and O–H groups in total. The first-order valence-electron chi connectivity index (χ1n) is 7.28. The number of hydrogen-bond acceptors (Lipinski definition) is 3. The largest absolute Gasteiger partial charge is 0.378 e. The van der Waals surface area contributed by atoms with Crippen molar-refractivity contribution in [2.24, 2.45) is 5.41 Å². The fourth-order valence-corrected chi connectivity index (χ4v) is 3.07. The van der Waals surface area contributed by atoms with E-state index in [-0.39, 0.29) is 11.0 Å². The highest BCUT2D eigenvalue weighted by Crippen LogP contribution is 2.33. The van der Waals surface area contributed by atoms with Crippen molar-refractivity contribution in [3.63, 3.8) is 0 Å². The van der Waals surface area contributed by atoms with E-state index in [4.69, 9.17) is 0 Å². The van der Waals surface area contributed by atoms with Crippen LogP contribution >= 0.6 is 0 Å². The molecule has 0 atom stereocenters. The van der Waals surface area contributed by atoms with Crippen LogP contribution in [0.15, 0.2) is 30.5 Å². The van der Waals surface area contributed by atoms with Gasteiger partial charge in [-0.15, -0.1) is 0 Å². The van der Waals surface area contributed by atoms with E-state index in [2.05, 4.69) is 51.0 Å². The highest BCUT2D eigenvalue weighted by molar-refractivity contribution is 5.94. The second-order valence-electron chi connectivity index (χ2n) is 7.42. The Bertz CT molecular complexity index is 688. The number of fused-ring (bicyclic) bond motifs is 1. The molecule has 0 saturated heterocycles. The van der Waals surface area contributed by atoms with E-state index < -0.39 is 0 Å². The third-order valence-electron chi connectivity index (χ3n) is 3.33. The Morgan fingerprint density at radius 3 is 2.43 bits per heavy atom. The smallest absolute Gasteiger partial charge is 0.103 e. The van der Waals surface area contributed by atoms with Gasteiger partial charge in [-0.2, -0.15) is 5.26 Å². The van der Waals surface area contributed by atoms with Crippen molar-refractivity contribution in [1.82, 2.24) is 4.98 Å². The molecule has 0 aliphatic heterocycles. The monoisotopic (exact) mass is 281 g/mol. The summed E-state index contributed by atoms with van der Waals surface area (Å²) >= 11 is 0. The van der Waals surface area contributed by atoms with E-state index in [0.29, 0.717) is 5.56 Å². The molecule has 0 radical (unpaired) electrons. The standard InChI is InChI=1S/C18H23N3/c1-17(2,3)12-18(4,5)21-16-13(10-19)11-20-15-9-7-6-8-14(15)16/h6-9,11H,12H2,1-5H3,(H,20,21). The summed E-state index contributed by atoms with van der Waals surface area (Å²) < 4.78 is 0. The van der Waals surface area contributed by atoms with Gasteiger partial charge < -0.3 is 5.32 Å². The van der Waals surface area contributed by atoms with E-state index >= 15 is 0 Å². The number of hydrogen-bond donors (Lipinski definition) is 1. The zero-order valence-corrected chi connectivity index (χ0v) is 13.5. The average molecular weight is 281 g/mol. The van der Waals surface area contributed by atoms with Gasteiger partial charge in [0.25, 0.3) is 0 Å². The summed E-state index contributed by atoms with van der Waals surface area (Å²) in [4.78, 5) is 4.35. The molecule has 1 aromatic heterocycles. The van der Waals surface area contributed by atoms with Crippen molar-refractivity contribution in [2.75, 3.05) is 5.32 Å². The Labute approximate surface area is 127 Å². The number of aromatic nitrogens is 1. The lowest BCUT2D eigenvalue weighted by Gasteiger charge is -2.34. The predicted octanol–water partition coefficient (Wildman–Crippen LogP) is 4.73. The van der Waals surface area contributed by atoms with Crippen LogP contribution in [0, 0.1) is 16.7 Å². The molecule has 0 saturated carbocycles. The number of nitriles is 1. The molecule has 0 aliphatic carbocycles. The van der Waals surface area contributed by atoms with Crippen molar-refractivity contribution >= 4 is 16.6 Å². The maximum atomic E-state index is 9.38. The van der Waals surface area contributed by atoms with E-state index in [1.165, 1.54) is 0 Å². The Morgan fingerprint density at radius 1 is 1.14 bits per heavy atom. The van der Waals surface area contributed by atoms with E-state index in [1.807, 2.05) is 24.3 Å². The number of anilines is 1. The van der Waals surface area contributed by atoms with Crippen molar-refractivity contribution in [2.45, 2.75) is 46.6 Å². The lowest BCUT2D eigenvalue weighted by molar-refractivity contribution is 0.302. The summed E-state index contributed by atoms with van der Waals surface area (Å²) in [6.07, 6.45) is 2.65. The van der Waals surface area contributed by atoms with Crippen LogP contribution in [0.2, 0.25) is 0 Å². The molecule has 0 spiro atoms. The lowest BCUT2D eigenvalue weighted by Crippen LogP contribution is -2.35. The number of pyridine rings is 1. The van der Waals surface area contributed by atoms with Crippen LogP contribution in [-0.2, 0) is 0 Å². The van der Waals surface area contributed by atoms with Crippen LogP contribution in [0.1, 0.15) is 46.6 Å².